The summed E-state index contributed by atoms with van der Waals surface area (Å²) in [4.78, 5) is 24.1. The van der Waals surface area contributed by atoms with Crippen LogP contribution in [0.1, 0.15) is 36.6 Å². The lowest BCUT2D eigenvalue weighted by atomic mass is 9.95. The topological polar surface area (TPSA) is 75.9 Å². The normalized spacial score (nSPS) is 14.6. The lowest BCUT2D eigenvalue weighted by Gasteiger charge is -2.17. The number of hydrogen-bond acceptors (Lipinski definition) is 6. The molecule has 0 radical (unpaired) electrons. The van der Waals surface area contributed by atoms with Crippen LogP contribution in [0, 0.1) is 0 Å². The van der Waals surface area contributed by atoms with Gasteiger partial charge in [-0.3, -0.25) is 14.7 Å². The van der Waals surface area contributed by atoms with Crippen LogP contribution < -0.4 is 5.32 Å². The van der Waals surface area contributed by atoms with Crippen molar-refractivity contribution < 1.29 is 4.79 Å². The highest BCUT2D eigenvalue weighted by Gasteiger charge is 2.31. The first kappa shape index (κ1) is 22.4. The van der Waals surface area contributed by atoms with Gasteiger partial charge >= 0.3 is 0 Å². The largest absolute Gasteiger partial charge is 0.302 e. The maximum atomic E-state index is 11.7. The molecule has 0 spiro atoms. The Labute approximate surface area is 212 Å². The van der Waals surface area contributed by atoms with Crippen molar-refractivity contribution in [2.45, 2.75) is 45.2 Å². The number of benzene rings is 1. The predicted octanol–water partition coefficient (Wildman–Crippen LogP) is 5.36. The van der Waals surface area contributed by atoms with Gasteiger partial charge in [-0.1, -0.05) is 29.0 Å². The van der Waals surface area contributed by atoms with Crippen LogP contribution in [0.25, 0.3) is 27.5 Å². The summed E-state index contributed by atoms with van der Waals surface area (Å²) in [7, 11) is 2.17. The van der Waals surface area contributed by atoms with Crippen molar-refractivity contribution >= 4 is 34.0 Å². The van der Waals surface area contributed by atoms with E-state index in [0.29, 0.717) is 16.2 Å². The number of rotatable bonds is 6. The average molecular weight is 505 g/mol. The highest BCUT2D eigenvalue weighted by molar-refractivity contribution is 7.19. The fraction of sp³-hybridized carbons (Fsp3) is 0.308. The molecular weight excluding hydrogens is 480 g/mol. The summed E-state index contributed by atoms with van der Waals surface area (Å²) in [5.41, 5.74) is 7.01. The van der Waals surface area contributed by atoms with E-state index in [1.165, 1.54) is 36.7 Å². The summed E-state index contributed by atoms with van der Waals surface area (Å²) in [6.45, 7) is 2.38. The van der Waals surface area contributed by atoms with Gasteiger partial charge in [0.1, 0.15) is 0 Å². The summed E-state index contributed by atoms with van der Waals surface area (Å²) >= 11 is 8.36. The molecule has 178 valence electrons. The molecule has 7 nitrogen and oxygen atoms in total. The summed E-state index contributed by atoms with van der Waals surface area (Å²) in [5.74, 6) is -0.129. The zero-order chi connectivity index (χ0) is 24.1. The standard InChI is InChI=1S/C26H25ClN6OS/c1-15(34)29-26-30-21-9-8-19-23(17-4-3-11-28-13-17)31-33(24(19)25(21)35-26)22-10-5-16(12-20(22)27)14-32(2)18-6-7-18/h3-5,10-13,18H,6-9,14H2,1-2H3,(H,29,30,34). The lowest BCUT2D eigenvalue weighted by molar-refractivity contribution is -0.114. The van der Waals surface area contributed by atoms with E-state index in [0.717, 1.165) is 58.2 Å². The number of aromatic nitrogens is 4. The molecule has 2 aliphatic carbocycles. The van der Waals surface area contributed by atoms with Crippen molar-refractivity contribution in [3.63, 3.8) is 0 Å². The van der Waals surface area contributed by atoms with E-state index in [1.54, 1.807) is 6.20 Å². The van der Waals surface area contributed by atoms with Gasteiger partial charge in [-0.05, 0) is 62.6 Å². The maximum Gasteiger partial charge on any atom is 0.223 e. The van der Waals surface area contributed by atoms with E-state index in [9.17, 15) is 4.79 Å². The van der Waals surface area contributed by atoms with Crippen molar-refractivity contribution in [2.24, 2.45) is 0 Å². The molecule has 2 aliphatic rings. The van der Waals surface area contributed by atoms with Crippen LogP contribution in [-0.4, -0.2) is 43.6 Å². The third-order valence-corrected chi connectivity index (χ3v) is 7.89. The lowest BCUT2D eigenvalue weighted by Crippen LogP contribution is -2.19. The Morgan fingerprint density at radius 1 is 1.29 bits per heavy atom. The molecule has 9 heteroatoms. The van der Waals surface area contributed by atoms with Crippen LogP contribution >= 0.6 is 22.9 Å². The van der Waals surface area contributed by atoms with Gasteiger partial charge in [-0.15, -0.1) is 0 Å². The molecule has 35 heavy (non-hydrogen) atoms. The number of fused-ring (bicyclic) bond motifs is 3. The SMILES string of the molecule is CC(=O)Nc1nc2c(s1)-c1c(c(-c3cccnc3)nn1-c1ccc(CN(C)C3CC3)cc1Cl)CC2. The van der Waals surface area contributed by atoms with Crippen LogP contribution in [0.3, 0.4) is 0 Å². The second-order valence-electron chi connectivity index (χ2n) is 9.24. The molecule has 6 rings (SSSR count). The maximum absolute atomic E-state index is 11.7. The van der Waals surface area contributed by atoms with Gasteiger partial charge in [0, 0.05) is 43.0 Å². The van der Waals surface area contributed by atoms with Gasteiger partial charge in [0.2, 0.25) is 5.91 Å². The second kappa shape index (κ2) is 8.86. The van der Waals surface area contributed by atoms with Gasteiger partial charge in [0.05, 0.1) is 32.7 Å². The smallest absolute Gasteiger partial charge is 0.223 e. The van der Waals surface area contributed by atoms with Crippen molar-refractivity contribution in [1.82, 2.24) is 24.6 Å². The molecule has 4 aromatic rings. The van der Waals surface area contributed by atoms with Crippen molar-refractivity contribution in [1.29, 1.82) is 0 Å². The number of thiazole rings is 1. The predicted molar refractivity (Wildman–Crippen MR) is 139 cm³/mol. The van der Waals surface area contributed by atoms with Gasteiger partial charge in [-0.25, -0.2) is 9.67 Å². The molecular formula is C26H25ClN6OS. The van der Waals surface area contributed by atoms with Gasteiger partial charge in [0.25, 0.3) is 0 Å². The van der Waals surface area contributed by atoms with Crippen LogP contribution in [0.15, 0.2) is 42.7 Å². The Morgan fingerprint density at radius 3 is 2.86 bits per heavy atom. The molecule has 0 atom stereocenters. The van der Waals surface area contributed by atoms with Crippen LogP contribution in [0.4, 0.5) is 5.13 Å². The summed E-state index contributed by atoms with van der Waals surface area (Å²) < 4.78 is 1.95. The Bertz CT molecular complexity index is 1430. The van der Waals surface area contributed by atoms with E-state index < -0.39 is 0 Å². The molecule has 1 amide bonds. The van der Waals surface area contributed by atoms with E-state index in [2.05, 4.69) is 34.4 Å². The molecule has 0 bridgehead atoms. The Balaban J connectivity index is 1.47. The fourth-order valence-electron chi connectivity index (χ4n) is 4.74. The van der Waals surface area contributed by atoms with Gasteiger partial charge in [-0.2, -0.15) is 5.10 Å². The molecule has 1 fully saturated rings. The summed E-state index contributed by atoms with van der Waals surface area (Å²) in [6.07, 6.45) is 7.75. The Morgan fingerprint density at radius 2 is 2.14 bits per heavy atom. The quantitative estimate of drug-likeness (QED) is 0.382. The van der Waals surface area contributed by atoms with Crippen LogP contribution in [0.5, 0.6) is 0 Å². The highest BCUT2D eigenvalue weighted by Crippen LogP contribution is 2.44. The first-order chi connectivity index (χ1) is 17.0. The summed E-state index contributed by atoms with van der Waals surface area (Å²) in [6, 6.07) is 10.9. The van der Waals surface area contributed by atoms with Crippen LogP contribution in [0.2, 0.25) is 5.02 Å². The van der Waals surface area contributed by atoms with Crippen molar-refractivity contribution in [2.75, 3.05) is 12.4 Å². The second-order valence-corrected chi connectivity index (χ2v) is 10.6. The molecule has 1 aromatic carbocycles. The molecule has 1 saturated carbocycles. The Hall–Kier alpha value is -3.07. The first-order valence-electron chi connectivity index (χ1n) is 11.8. The fourth-order valence-corrected chi connectivity index (χ4v) is 6.14. The van der Waals surface area contributed by atoms with E-state index >= 15 is 0 Å². The van der Waals surface area contributed by atoms with E-state index in [-0.39, 0.29) is 5.91 Å². The molecule has 0 saturated heterocycles. The Kier molecular flexibility index (Phi) is 5.67. The number of nitrogens with one attached hydrogen (secondary N) is 1. The minimum absolute atomic E-state index is 0.129. The summed E-state index contributed by atoms with van der Waals surface area (Å²) in [5, 5.41) is 9.17. The minimum Gasteiger partial charge on any atom is -0.302 e. The third kappa shape index (κ3) is 4.26. The van der Waals surface area contributed by atoms with E-state index in [4.69, 9.17) is 21.7 Å². The number of carbonyl (C=O) groups excluding carboxylic acids is 1. The van der Waals surface area contributed by atoms with E-state index in [1.807, 2.05) is 29.1 Å². The molecule has 0 unspecified atom stereocenters. The van der Waals surface area contributed by atoms with Crippen molar-refractivity contribution in [3.05, 3.63) is 64.6 Å². The first-order valence-corrected chi connectivity index (χ1v) is 13.0. The molecule has 0 aliphatic heterocycles. The zero-order valence-electron chi connectivity index (χ0n) is 19.6. The number of nitrogens with zero attached hydrogens (tertiary/aromatic N) is 5. The number of hydrogen-bond donors (Lipinski definition) is 1. The number of aryl methyl sites for hydroxylation is 1. The van der Waals surface area contributed by atoms with Gasteiger partial charge in [0.15, 0.2) is 5.13 Å². The molecule has 3 aromatic heterocycles. The average Bonchev–Trinajstić information content (AvgIpc) is 3.51. The number of halogens is 1. The number of carbonyl (C=O) groups is 1. The highest BCUT2D eigenvalue weighted by atomic mass is 35.5. The number of amides is 1. The molecule has 3 heterocycles. The minimum atomic E-state index is -0.129. The zero-order valence-corrected chi connectivity index (χ0v) is 21.2. The monoisotopic (exact) mass is 504 g/mol. The number of anilines is 1. The molecule has 1 N–H and O–H groups in total. The van der Waals surface area contributed by atoms with Crippen molar-refractivity contribution in [3.8, 4) is 27.5 Å². The van der Waals surface area contributed by atoms with Gasteiger partial charge < -0.3 is 5.32 Å². The third-order valence-electron chi connectivity index (χ3n) is 6.57. The number of pyridine rings is 1. The van der Waals surface area contributed by atoms with Crippen LogP contribution in [-0.2, 0) is 24.2 Å².